The number of hydrogen-bond acceptors (Lipinski definition) is 0. The highest BCUT2D eigenvalue weighted by molar-refractivity contribution is 6.67. The van der Waals surface area contributed by atoms with Gasteiger partial charge in [-0.2, -0.15) is 0 Å². The molecule has 0 aromatic rings. The summed E-state index contributed by atoms with van der Waals surface area (Å²) in [5, 5.41) is 0. The van der Waals surface area contributed by atoms with Gasteiger partial charge in [-0.15, -0.1) is 5.67 Å². The molecule has 9 heavy (non-hydrogen) atoms. The topological polar surface area (TPSA) is 0 Å². The van der Waals surface area contributed by atoms with Crippen molar-refractivity contribution >= 4 is 14.1 Å². The van der Waals surface area contributed by atoms with Gasteiger partial charge in [0.05, 0.1) is 0 Å². The Labute approximate surface area is 60.5 Å². The Bertz CT molecular complexity index is 92.7. The minimum atomic E-state index is -0.139. The zero-order valence-electron chi connectivity index (χ0n) is 6.78. The average molecular weight is 141 g/mol. The third-order valence-corrected chi connectivity index (χ3v) is 4.67. The molecule has 53 valence electrons. The molecular formula is C8H17Si. The van der Waals surface area contributed by atoms with Crippen LogP contribution in [-0.2, 0) is 0 Å². The highest BCUT2D eigenvalue weighted by Gasteiger charge is 1.98. The fourth-order valence-electron chi connectivity index (χ4n) is 0.974. The van der Waals surface area contributed by atoms with E-state index < -0.39 is 0 Å². The third-order valence-electron chi connectivity index (χ3n) is 1.56. The van der Waals surface area contributed by atoms with Gasteiger partial charge in [0.1, 0.15) is 0 Å². The lowest BCUT2D eigenvalue weighted by molar-refractivity contribution is 1.04. The molecule has 0 heterocycles. The molecule has 0 saturated heterocycles. The van der Waals surface area contributed by atoms with E-state index in [0.29, 0.717) is 0 Å². The fourth-order valence-corrected chi connectivity index (χ4v) is 2.92. The van der Waals surface area contributed by atoms with Crippen LogP contribution in [0.1, 0.15) is 27.2 Å². The first kappa shape index (κ1) is 9.09. The smallest absolute Gasteiger partial charge is 0.00779 e. The minimum Gasteiger partial charge on any atom is -0.104 e. The molecular weight excluding hydrogens is 124 g/mol. The molecule has 0 spiro atoms. The van der Waals surface area contributed by atoms with Crippen molar-refractivity contribution in [2.75, 3.05) is 0 Å². The van der Waals surface area contributed by atoms with Crippen molar-refractivity contribution in [3.63, 3.8) is 0 Å². The molecule has 0 rings (SSSR count). The first-order valence-corrected chi connectivity index (χ1v) is 5.56. The van der Waals surface area contributed by atoms with E-state index in [1.807, 2.05) is 0 Å². The quantitative estimate of drug-likeness (QED) is 0.530. The second kappa shape index (κ2) is 4.92. The molecule has 0 saturated carbocycles. The second-order valence-electron chi connectivity index (χ2n) is 2.58. The standard InChI is InChI=1S/C8H17Si/c1-5-7-9(6-2)8(3)4/h7-8H,1,5-6H2,2-4H3. The van der Waals surface area contributed by atoms with E-state index in [9.17, 15) is 0 Å². The van der Waals surface area contributed by atoms with Crippen LogP contribution in [0.3, 0.4) is 0 Å². The van der Waals surface area contributed by atoms with Crippen molar-refractivity contribution in [1.29, 1.82) is 0 Å². The fraction of sp³-hybridized carbons (Fsp3) is 0.750. The van der Waals surface area contributed by atoms with E-state index in [-0.39, 0.29) is 8.41 Å². The summed E-state index contributed by atoms with van der Waals surface area (Å²) < 4.78 is 0. The first-order chi connectivity index (χ1) is 4.22. The lowest BCUT2D eigenvalue weighted by atomic mass is 10.6. The van der Waals surface area contributed by atoms with Gasteiger partial charge >= 0.3 is 0 Å². The van der Waals surface area contributed by atoms with Gasteiger partial charge in [-0.25, -0.2) is 0 Å². The summed E-state index contributed by atoms with van der Waals surface area (Å²) in [6.07, 6.45) is 1.01. The van der Waals surface area contributed by atoms with Crippen LogP contribution in [0.25, 0.3) is 0 Å². The largest absolute Gasteiger partial charge is 0.104 e. The highest BCUT2D eigenvalue weighted by Crippen LogP contribution is 2.04. The van der Waals surface area contributed by atoms with Gasteiger partial charge < -0.3 is 0 Å². The van der Waals surface area contributed by atoms with Gasteiger partial charge in [-0.1, -0.05) is 20.8 Å². The maximum Gasteiger partial charge on any atom is 0.00779 e. The van der Waals surface area contributed by atoms with Crippen molar-refractivity contribution in [2.24, 2.45) is 0 Å². The van der Waals surface area contributed by atoms with Crippen LogP contribution in [0.2, 0.25) is 11.6 Å². The van der Waals surface area contributed by atoms with Crippen molar-refractivity contribution in [3.05, 3.63) is 6.92 Å². The normalized spacial score (nSPS) is 12.8. The van der Waals surface area contributed by atoms with Crippen molar-refractivity contribution in [1.82, 2.24) is 0 Å². The molecule has 0 aromatic carbocycles. The second-order valence-corrected chi connectivity index (χ2v) is 6.00. The Kier molecular flexibility index (Phi) is 4.97. The van der Waals surface area contributed by atoms with Crippen LogP contribution in [0.15, 0.2) is 0 Å². The number of rotatable bonds is 3. The lowest BCUT2D eigenvalue weighted by Crippen LogP contribution is -2.06. The summed E-state index contributed by atoms with van der Waals surface area (Å²) in [6.45, 7) is 10.7. The summed E-state index contributed by atoms with van der Waals surface area (Å²) in [6, 6.07) is 1.36. The van der Waals surface area contributed by atoms with Crippen molar-refractivity contribution < 1.29 is 0 Å². The Balaban J connectivity index is 3.81. The van der Waals surface area contributed by atoms with E-state index in [0.717, 1.165) is 12.0 Å². The van der Waals surface area contributed by atoms with Gasteiger partial charge in [0.25, 0.3) is 0 Å². The van der Waals surface area contributed by atoms with Crippen LogP contribution in [-0.4, -0.2) is 14.1 Å². The zero-order valence-corrected chi connectivity index (χ0v) is 7.78. The van der Waals surface area contributed by atoms with Crippen LogP contribution in [0, 0.1) is 6.92 Å². The highest BCUT2D eigenvalue weighted by atomic mass is 28.2. The van der Waals surface area contributed by atoms with Crippen molar-refractivity contribution in [3.8, 4) is 0 Å². The lowest BCUT2D eigenvalue weighted by Gasteiger charge is -2.05. The van der Waals surface area contributed by atoms with Crippen LogP contribution >= 0.6 is 0 Å². The minimum absolute atomic E-state index is 0.139. The molecule has 0 aliphatic carbocycles. The Morgan fingerprint density at radius 2 is 2.11 bits per heavy atom. The summed E-state index contributed by atoms with van der Waals surface area (Å²) in [5.41, 5.74) is 3.30. The monoisotopic (exact) mass is 141 g/mol. The summed E-state index contributed by atoms with van der Waals surface area (Å²) >= 11 is 0. The molecule has 1 heteroatoms. The van der Waals surface area contributed by atoms with E-state index in [2.05, 4.69) is 33.4 Å². The Morgan fingerprint density at radius 3 is 2.22 bits per heavy atom. The third kappa shape index (κ3) is 3.63. The maximum absolute atomic E-state index is 3.83. The molecule has 0 nitrogen and oxygen atoms in total. The SMILES string of the molecule is [CH2]CC=[Si](CC)C(C)C. The van der Waals surface area contributed by atoms with Gasteiger partial charge in [-0.05, 0) is 24.9 Å². The van der Waals surface area contributed by atoms with E-state index >= 15 is 0 Å². The molecule has 0 aromatic heterocycles. The first-order valence-electron chi connectivity index (χ1n) is 3.70. The van der Waals surface area contributed by atoms with Gasteiger partial charge in [-0.3, -0.25) is 0 Å². The molecule has 0 aliphatic heterocycles. The van der Waals surface area contributed by atoms with Gasteiger partial charge in [0, 0.05) is 8.41 Å². The van der Waals surface area contributed by atoms with E-state index in [1.165, 1.54) is 6.04 Å². The zero-order chi connectivity index (χ0) is 7.28. The molecule has 0 unspecified atom stereocenters. The average Bonchev–Trinajstić information content (AvgIpc) is 1.82. The van der Waals surface area contributed by atoms with E-state index in [1.54, 1.807) is 0 Å². The molecule has 0 bridgehead atoms. The molecule has 0 atom stereocenters. The van der Waals surface area contributed by atoms with Crippen LogP contribution in [0.4, 0.5) is 0 Å². The summed E-state index contributed by atoms with van der Waals surface area (Å²) in [7, 11) is -0.139. The molecule has 0 N–H and O–H groups in total. The van der Waals surface area contributed by atoms with Crippen LogP contribution in [0.5, 0.6) is 0 Å². The van der Waals surface area contributed by atoms with Crippen molar-refractivity contribution in [2.45, 2.75) is 38.8 Å². The van der Waals surface area contributed by atoms with Crippen LogP contribution < -0.4 is 0 Å². The Morgan fingerprint density at radius 1 is 1.56 bits per heavy atom. The molecule has 1 radical (unpaired) electrons. The van der Waals surface area contributed by atoms with Gasteiger partial charge in [0.2, 0.25) is 0 Å². The predicted octanol–water partition coefficient (Wildman–Crippen LogP) is 2.52. The van der Waals surface area contributed by atoms with Gasteiger partial charge in [0.15, 0.2) is 0 Å². The van der Waals surface area contributed by atoms with E-state index in [4.69, 9.17) is 0 Å². The number of hydrogen-bond donors (Lipinski definition) is 0. The molecule has 0 fully saturated rings. The molecule has 0 amide bonds. The predicted molar refractivity (Wildman–Crippen MR) is 47.4 cm³/mol. The summed E-state index contributed by atoms with van der Waals surface area (Å²) in [5.74, 6) is 0. The Hall–Kier alpha value is 0.0869. The summed E-state index contributed by atoms with van der Waals surface area (Å²) in [4.78, 5) is 0. The molecule has 0 aliphatic rings. The maximum atomic E-state index is 3.83.